The van der Waals surface area contributed by atoms with E-state index in [2.05, 4.69) is 0 Å². The van der Waals surface area contributed by atoms with Gasteiger partial charge in [0.05, 0.1) is 6.10 Å². The number of esters is 1. The van der Waals surface area contributed by atoms with Crippen molar-refractivity contribution in [3.8, 4) is 0 Å². The van der Waals surface area contributed by atoms with Crippen LogP contribution >= 0.6 is 0 Å². The monoisotopic (exact) mass is 218 g/mol. The van der Waals surface area contributed by atoms with Gasteiger partial charge in [0.25, 0.3) is 6.29 Å². The van der Waals surface area contributed by atoms with E-state index in [-0.39, 0.29) is 12.0 Å². The normalized spacial score (nSPS) is 12.5. The molecule has 0 aromatic carbocycles. The second-order valence-corrected chi connectivity index (χ2v) is 3.76. The predicted molar refractivity (Wildman–Crippen MR) is 53.1 cm³/mol. The van der Waals surface area contributed by atoms with E-state index in [1.807, 2.05) is 0 Å². The Bertz CT molecular complexity index is 222. The molecule has 0 rings (SSSR count). The molecule has 0 heterocycles. The maximum atomic E-state index is 11.1. The first-order chi connectivity index (χ1) is 6.82. The maximum Gasteiger partial charge on any atom is 0.511 e. The fourth-order valence-corrected chi connectivity index (χ4v) is 0.775. The molecule has 5 nitrogen and oxygen atoms in total. The molecule has 0 aromatic rings. The highest BCUT2D eigenvalue weighted by Gasteiger charge is 2.22. The van der Waals surface area contributed by atoms with E-state index >= 15 is 0 Å². The summed E-state index contributed by atoms with van der Waals surface area (Å²) in [7, 11) is 0. The van der Waals surface area contributed by atoms with E-state index in [1.54, 1.807) is 27.7 Å². The van der Waals surface area contributed by atoms with Crippen molar-refractivity contribution >= 4 is 12.1 Å². The number of carbonyl (C=O) groups is 2. The molecule has 88 valence electrons. The molecule has 0 N–H and O–H groups in total. The third kappa shape index (κ3) is 6.76. The molecule has 5 heteroatoms. The number of carbonyl (C=O) groups excluding carboxylic acids is 2. The van der Waals surface area contributed by atoms with Crippen LogP contribution in [0.15, 0.2) is 0 Å². The highest BCUT2D eigenvalue weighted by atomic mass is 16.8. The minimum absolute atomic E-state index is 0.117. The molecule has 0 bridgehead atoms. The van der Waals surface area contributed by atoms with E-state index < -0.39 is 18.4 Å². The predicted octanol–water partition coefficient (Wildman–Crippen LogP) is 2.09. The van der Waals surface area contributed by atoms with Crippen LogP contribution in [0.1, 0.15) is 34.6 Å². The second kappa shape index (κ2) is 6.27. The Morgan fingerprint density at radius 3 is 1.80 bits per heavy atom. The van der Waals surface area contributed by atoms with Gasteiger partial charge < -0.3 is 14.2 Å². The molecule has 0 spiro atoms. The van der Waals surface area contributed by atoms with Gasteiger partial charge in [-0.25, -0.2) is 4.79 Å². The van der Waals surface area contributed by atoms with Crippen molar-refractivity contribution in [3.05, 3.63) is 0 Å². The van der Waals surface area contributed by atoms with Crippen molar-refractivity contribution in [2.24, 2.45) is 5.92 Å². The number of hydrogen-bond donors (Lipinski definition) is 0. The molecule has 0 aliphatic carbocycles. The molecule has 0 aliphatic rings. The summed E-state index contributed by atoms with van der Waals surface area (Å²) in [5, 5.41) is 0. The Kier molecular flexibility index (Phi) is 5.74. The number of rotatable bonds is 4. The largest absolute Gasteiger partial charge is 0.511 e. The van der Waals surface area contributed by atoms with E-state index in [0.717, 1.165) is 0 Å². The SMILES string of the molecule is CC(=O)OC(OC(=O)OC(C)C)C(C)C. The molecule has 0 aromatic heterocycles. The molecule has 15 heavy (non-hydrogen) atoms. The molecule has 0 amide bonds. The van der Waals surface area contributed by atoms with Gasteiger partial charge in [0.1, 0.15) is 0 Å². The first kappa shape index (κ1) is 13.7. The summed E-state index contributed by atoms with van der Waals surface area (Å²) < 4.78 is 14.4. The fraction of sp³-hybridized carbons (Fsp3) is 0.800. The zero-order valence-electron chi connectivity index (χ0n) is 9.77. The molecular weight excluding hydrogens is 200 g/mol. The van der Waals surface area contributed by atoms with Crippen LogP contribution in [-0.4, -0.2) is 24.5 Å². The molecule has 0 fully saturated rings. The molecular formula is C10H18O5. The summed E-state index contributed by atoms with van der Waals surface area (Å²) in [4.78, 5) is 21.8. The Hall–Kier alpha value is -1.26. The van der Waals surface area contributed by atoms with Gasteiger partial charge >= 0.3 is 12.1 Å². The Labute approximate surface area is 89.7 Å². The van der Waals surface area contributed by atoms with E-state index in [0.29, 0.717) is 0 Å². The summed E-state index contributed by atoms with van der Waals surface area (Å²) in [6, 6.07) is 0. The Balaban J connectivity index is 4.16. The molecule has 1 unspecified atom stereocenters. The van der Waals surface area contributed by atoms with Gasteiger partial charge in [0.2, 0.25) is 0 Å². The highest BCUT2D eigenvalue weighted by Crippen LogP contribution is 2.10. The minimum Gasteiger partial charge on any atom is -0.431 e. The average Bonchev–Trinajstić information content (AvgIpc) is 1.99. The third-order valence-electron chi connectivity index (χ3n) is 1.37. The lowest BCUT2D eigenvalue weighted by Crippen LogP contribution is -2.29. The van der Waals surface area contributed by atoms with Crippen molar-refractivity contribution in [3.63, 3.8) is 0 Å². The van der Waals surface area contributed by atoms with Crippen LogP contribution in [-0.2, 0) is 19.0 Å². The minimum atomic E-state index is -0.895. The van der Waals surface area contributed by atoms with Crippen molar-refractivity contribution in [1.29, 1.82) is 0 Å². The first-order valence-electron chi connectivity index (χ1n) is 4.87. The van der Waals surface area contributed by atoms with Crippen molar-refractivity contribution in [2.75, 3.05) is 0 Å². The topological polar surface area (TPSA) is 61.8 Å². The maximum absolute atomic E-state index is 11.1. The van der Waals surface area contributed by atoms with Crippen LogP contribution < -0.4 is 0 Å². The summed E-state index contributed by atoms with van der Waals surface area (Å²) in [5.41, 5.74) is 0. The zero-order chi connectivity index (χ0) is 12.0. The van der Waals surface area contributed by atoms with Crippen LogP contribution in [0, 0.1) is 5.92 Å². The second-order valence-electron chi connectivity index (χ2n) is 3.76. The molecule has 0 aliphatic heterocycles. The van der Waals surface area contributed by atoms with Crippen LogP contribution in [0.5, 0.6) is 0 Å². The number of ether oxygens (including phenoxy) is 3. The van der Waals surface area contributed by atoms with Gasteiger partial charge in [0, 0.05) is 12.8 Å². The quantitative estimate of drug-likeness (QED) is 0.534. The summed E-state index contributed by atoms with van der Waals surface area (Å²) in [6.07, 6.45) is -1.98. The van der Waals surface area contributed by atoms with Crippen molar-refractivity contribution < 1.29 is 23.8 Å². The van der Waals surface area contributed by atoms with Crippen molar-refractivity contribution in [1.82, 2.24) is 0 Å². The van der Waals surface area contributed by atoms with Crippen LogP contribution in [0.25, 0.3) is 0 Å². The van der Waals surface area contributed by atoms with Gasteiger partial charge in [-0.15, -0.1) is 0 Å². The Morgan fingerprint density at radius 2 is 1.47 bits per heavy atom. The lowest BCUT2D eigenvalue weighted by atomic mass is 10.2. The molecule has 0 radical (unpaired) electrons. The Morgan fingerprint density at radius 1 is 0.933 bits per heavy atom. The summed E-state index contributed by atoms with van der Waals surface area (Å²) in [6.45, 7) is 8.22. The summed E-state index contributed by atoms with van der Waals surface area (Å²) >= 11 is 0. The first-order valence-corrected chi connectivity index (χ1v) is 4.87. The van der Waals surface area contributed by atoms with Crippen LogP contribution in [0.2, 0.25) is 0 Å². The smallest absolute Gasteiger partial charge is 0.431 e. The lowest BCUT2D eigenvalue weighted by Gasteiger charge is -2.20. The van der Waals surface area contributed by atoms with Gasteiger partial charge in [-0.05, 0) is 13.8 Å². The van der Waals surface area contributed by atoms with Gasteiger partial charge in [-0.3, -0.25) is 4.79 Å². The molecule has 1 atom stereocenters. The lowest BCUT2D eigenvalue weighted by molar-refractivity contribution is -0.177. The van der Waals surface area contributed by atoms with Gasteiger partial charge in [0.15, 0.2) is 0 Å². The van der Waals surface area contributed by atoms with Gasteiger partial charge in [-0.2, -0.15) is 0 Å². The van der Waals surface area contributed by atoms with E-state index in [1.165, 1.54) is 6.92 Å². The zero-order valence-corrected chi connectivity index (χ0v) is 9.77. The highest BCUT2D eigenvalue weighted by molar-refractivity contribution is 5.66. The van der Waals surface area contributed by atoms with Crippen molar-refractivity contribution in [2.45, 2.75) is 47.0 Å². The average molecular weight is 218 g/mol. The fourth-order valence-electron chi connectivity index (χ4n) is 0.775. The van der Waals surface area contributed by atoms with Crippen LogP contribution in [0.3, 0.4) is 0 Å². The standard InChI is InChI=1S/C10H18O5/c1-6(2)9(14-8(5)11)15-10(12)13-7(3)4/h6-7,9H,1-5H3. The third-order valence-corrected chi connectivity index (χ3v) is 1.37. The molecule has 0 saturated carbocycles. The van der Waals surface area contributed by atoms with Crippen LogP contribution in [0.4, 0.5) is 4.79 Å². The van der Waals surface area contributed by atoms with E-state index in [9.17, 15) is 9.59 Å². The molecule has 0 saturated heterocycles. The van der Waals surface area contributed by atoms with Gasteiger partial charge in [-0.1, -0.05) is 13.8 Å². The number of hydrogen-bond acceptors (Lipinski definition) is 5. The summed E-state index contributed by atoms with van der Waals surface area (Å²) in [5.74, 6) is -0.611. The van der Waals surface area contributed by atoms with E-state index in [4.69, 9.17) is 14.2 Å².